The first-order chi connectivity index (χ1) is 18.2. The fraction of sp³-hybridized carbons (Fsp3) is 0.429. The molecule has 2 N–H and O–H groups in total. The van der Waals surface area contributed by atoms with Gasteiger partial charge in [0, 0.05) is 17.0 Å². The van der Waals surface area contributed by atoms with Crippen LogP contribution in [-0.2, 0) is 33.8 Å². The lowest BCUT2D eigenvalue weighted by Gasteiger charge is -2.29. The largest absolute Gasteiger partial charge is 0.460 e. The van der Waals surface area contributed by atoms with Gasteiger partial charge >= 0.3 is 12.1 Å². The Bertz CT molecular complexity index is 1600. The Hall–Kier alpha value is -3.79. The van der Waals surface area contributed by atoms with Gasteiger partial charge in [-0.1, -0.05) is 6.92 Å². The fourth-order valence-electron chi connectivity index (χ4n) is 6.12. The first-order valence-corrected chi connectivity index (χ1v) is 12.9. The second-order valence-corrected chi connectivity index (χ2v) is 10.3. The van der Waals surface area contributed by atoms with E-state index in [-0.39, 0.29) is 37.1 Å². The Morgan fingerprint density at radius 1 is 1.32 bits per heavy atom. The molecule has 0 spiro atoms. The van der Waals surface area contributed by atoms with Crippen LogP contribution in [0.1, 0.15) is 72.0 Å². The van der Waals surface area contributed by atoms with Crippen LogP contribution in [0.3, 0.4) is 0 Å². The van der Waals surface area contributed by atoms with E-state index in [4.69, 9.17) is 14.5 Å². The highest BCUT2D eigenvalue weighted by Crippen LogP contribution is 2.45. The molecule has 10 heteroatoms. The summed E-state index contributed by atoms with van der Waals surface area (Å²) in [6.07, 6.45) is 0.199. The summed E-state index contributed by atoms with van der Waals surface area (Å²) in [5.41, 5.74) is 5.39. The number of aliphatic hydroxyl groups excluding tert-OH is 1. The minimum absolute atomic E-state index is 0.0734. The molecule has 6 rings (SSSR count). The lowest BCUT2D eigenvalue weighted by molar-refractivity contribution is -0.148. The number of aryl methyl sites for hydroxylation is 1. The van der Waals surface area contributed by atoms with Crippen molar-refractivity contribution < 1.29 is 28.6 Å². The summed E-state index contributed by atoms with van der Waals surface area (Å²) in [7, 11) is 0. The Kier molecular flexibility index (Phi) is 5.75. The maximum absolute atomic E-state index is 15.0. The molecule has 4 heterocycles. The van der Waals surface area contributed by atoms with E-state index in [1.165, 1.54) is 6.07 Å². The molecule has 9 nitrogen and oxygen atoms in total. The van der Waals surface area contributed by atoms with Crippen LogP contribution in [0.25, 0.3) is 22.3 Å². The third kappa shape index (κ3) is 3.53. The van der Waals surface area contributed by atoms with E-state index in [0.29, 0.717) is 52.9 Å². The summed E-state index contributed by atoms with van der Waals surface area (Å²) in [6.45, 7) is 5.05. The van der Waals surface area contributed by atoms with E-state index in [1.807, 2.05) is 13.0 Å². The molecule has 2 aromatic heterocycles. The van der Waals surface area contributed by atoms with Crippen LogP contribution in [-0.4, -0.2) is 39.4 Å². The molecule has 0 radical (unpaired) electrons. The zero-order valence-electron chi connectivity index (χ0n) is 21.4. The number of amides is 1. The molecule has 0 bridgehead atoms. The number of alkyl carbamates (subject to hydrolysis) is 1. The van der Waals surface area contributed by atoms with Gasteiger partial charge in [-0.3, -0.25) is 9.59 Å². The van der Waals surface area contributed by atoms with Crippen molar-refractivity contribution in [3.63, 3.8) is 0 Å². The molecular weight excluding hydrogens is 493 g/mol. The van der Waals surface area contributed by atoms with E-state index in [1.54, 1.807) is 18.4 Å². The zero-order chi connectivity index (χ0) is 26.9. The fourth-order valence-corrected chi connectivity index (χ4v) is 6.12. The summed E-state index contributed by atoms with van der Waals surface area (Å²) in [5.74, 6) is -1.25. The van der Waals surface area contributed by atoms with E-state index in [2.05, 4.69) is 5.32 Å². The number of aromatic nitrogens is 2. The SMILES string of the molecule is CCC1C(=O)OCc2c1cc1n(c2=O)Cc2c-1nc1cc(F)c(C)c3c1c2C(NC(=O)OC(C)CO)CC3. The predicted molar refractivity (Wildman–Crippen MR) is 135 cm³/mol. The highest BCUT2D eigenvalue weighted by molar-refractivity contribution is 5.93. The summed E-state index contributed by atoms with van der Waals surface area (Å²) < 4.78 is 27.1. The van der Waals surface area contributed by atoms with Gasteiger partial charge in [0.05, 0.1) is 47.6 Å². The average molecular weight is 522 g/mol. The summed E-state index contributed by atoms with van der Waals surface area (Å²) in [4.78, 5) is 43.5. The van der Waals surface area contributed by atoms with Crippen molar-refractivity contribution >= 4 is 23.0 Å². The molecule has 2 aliphatic heterocycles. The van der Waals surface area contributed by atoms with Gasteiger partial charge in [-0.05, 0) is 61.4 Å². The zero-order valence-corrected chi connectivity index (χ0v) is 21.4. The highest BCUT2D eigenvalue weighted by atomic mass is 19.1. The maximum Gasteiger partial charge on any atom is 0.407 e. The number of ether oxygens (including phenoxy) is 2. The number of carbonyl (C=O) groups excluding carboxylic acids is 2. The van der Waals surface area contributed by atoms with E-state index >= 15 is 0 Å². The van der Waals surface area contributed by atoms with Crippen LogP contribution >= 0.6 is 0 Å². The average Bonchev–Trinajstić information content (AvgIpc) is 3.26. The molecule has 1 amide bonds. The molecule has 198 valence electrons. The van der Waals surface area contributed by atoms with Crippen LogP contribution < -0.4 is 10.9 Å². The number of nitrogens with zero attached hydrogens (tertiary/aromatic N) is 2. The van der Waals surface area contributed by atoms with Gasteiger partial charge in [-0.25, -0.2) is 14.2 Å². The number of nitrogens with one attached hydrogen (secondary N) is 1. The summed E-state index contributed by atoms with van der Waals surface area (Å²) >= 11 is 0. The predicted octanol–water partition coefficient (Wildman–Crippen LogP) is 3.52. The van der Waals surface area contributed by atoms with Crippen molar-refractivity contribution in [3.8, 4) is 11.4 Å². The quantitative estimate of drug-likeness (QED) is 0.395. The molecule has 3 aliphatic rings. The third-order valence-corrected chi connectivity index (χ3v) is 8.05. The number of hydrogen-bond donors (Lipinski definition) is 2. The van der Waals surface area contributed by atoms with Crippen molar-refractivity contribution in [1.82, 2.24) is 14.9 Å². The van der Waals surface area contributed by atoms with Gasteiger partial charge in [-0.15, -0.1) is 0 Å². The Morgan fingerprint density at radius 3 is 2.84 bits per heavy atom. The van der Waals surface area contributed by atoms with Gasteiger partial charge in [0.15, 0.2) is 0 Å². The molecule has 3 aromatic rings. The summed E-state index contributed by atoms with van der Waals surface area (Å²) in [6, 6.07) is 2.78. The number of esters is 1. The minimum Gasteiger partial charge on any atom is -0.460 e. The Morgan fingerprint density at radius 2 is 2.11 bits per heavy atom. The molecule has 3 atom stereocenters. The molecule has 0 saturated carbocycles. The number of fused-ring (bicyclic) bond motifs is 5. The van der Waals surface area contributed by atoms with Crippen molar-refractivity contribution in [2.45, 2.75) is 71.2 Å². The van der Waals surface area contributed by atoms with Crippen LogP contribution in [0.2, 0.25) is 0 Å². The standard InChI is InChI=1S/C28H28FN3O6/c1-4-14-16-7-22-25-17(9-32(22)26(34)18(16)11-37-27(14)35)24-20(31-28(36)38-12(2)10-33)6-5-15-13(3)19(29)8-21(30-25)23(15)24/h7-8,12,14,20,33H,4-6,9-11H2,1-3H3,(H,31,36). The minimum atomic E-state index is -0.670. The number of halogens is 1. The van der Waals surface area contributed by atoms with E-state index in [9.17, 15) is 23.9 Å². The van der Waals surface area contributed by atoms with Crippen molar-refractivity contribution in [3.05, 3.63) is 61.7 Å². The van der Waals surface area contributed by atoms with Gasteiger partial charge in [0.2, 0.25) is 0 Å². The molecule has 0 fully saturated rings. The van der Waals surface area contributed by atoms with Gasteiger partial charge in [0.1, 0.15) is 18.5 Å². The van der Waals surface area contributed by atoms with E-state index in [0.717, 1.165) is 22.1 Å². The first-order valence-electron chi connectivity index (χ1n) is 12.9. The topological polar surface area (TPSA) is 120 Å². The lowest BCUT2D eigenvalue weighted by atomic mass is 9.81. The molecular formula is C28H28FN3O6. The second-order valence-electron chi connectivity index (χ2n) is 10.3. The number of cyclic esters (lactones) is 1. The number of carbonyl (C=O) groups is 2. The molecule has 38 heavy (non-hydrogen) atoms. The second kappa shape index (κ2) is 8.90. The van der Waals surface area contributed by atoms with Gasteiger partial charge in [0.25, 0.3) is 5.56 Å². The maximum atomic E-state index is 15.0. The monoisotopic (exact) mass is 521 g/mol. The normalized spacial score (nSPS) is 19.9. The summed E-state index contributed by atoms with van der Waals surface area (Å²) in [5, 5.41) is 13.0. The smallest absolute Gasteiger partial charge is 0.407 e. The number of benzene rings is 1. The number of rotatable bonds is 4. The van der Waals surface area contributed by atoms with Gasteiger partial charge in [-0.2, -0.15) is 0 Å². The Labute approximate surface area is 217 Å². The Balaban J connectivity index is 1.57. The van der Waals surface area contributed by atoms with Crippen molar-refractivity contribution in [1.29, 1.82) is 0 Å². The van der Waals surface area contributed by atoms with Crippen molar-refractivity contribution in [2.75, 3.05) is 6.61 Å². The number of pyridine rings is 2. The molecule has 1 aromatic carbocycles. The molecule has 0 saturated heterocycles. The third-order valence-electron chi connectivity index (χ3n) is 8.05. The molecule has 3 unspecified atom stereocenters. The van der Waals surface area contributed by atoms with Crippen LogP contribution in [0.5, 0.6) is 0 Å². The van der Waals surface area contributed by atoms with Crippen molar-refractivity contribution in [2.24, 2.45) is 0 Å². The van der Waals surface area contributed by atoms with Gasteiger partial charge < -0.3 is 24.5 Å². The van der Waals surface area contributed by atoms with E-state index < -0.39 is 24.2 Å². The van der Waals surface area contributed by atoms with Crippen LogP contribution in [0.4, 0.5) is 9.18 Å². The van der Waals surface area contributed by atoms with Crippen LogP contribution in [0.15, 0.2) is 16.9 Å². The first kappa shape index (κ1) is 24.5. The number of aliphatic hydroxyl groups is 1. The molecule has 1 aliphatic carbocycles. The van der Waals surface area contributed by atoms with Crippen LogP contribution in [0, 0.1) is 12.7 Å². The highest BCUT2D eigenvalue weighted by Gasteiger charge is 2.37. The lowest BCUT2D eigenvalue weighted by Crippen LogP contribution is -2.35. The number of hydrogen-bond acceptors (Lipinski definition) is 7.